The van der Waals surface area contributed by atoms with E-state index in [1.165, 1.54) is 11.2 Å². The highest BCUT2D eigenvalue weighted by Gasteiger charge is 2.13. The Morgan fingerprint density at radius 2 is 1.81 bits per heavy atom. The normalized spacial score (nSPS) is 10.7. The third kappa shape index (κ3) is 4.65. The summed E-state index contributed by atoms with van der Waals surface area (Å²) < 4.78 is 5.23. The van der Waals surface area contributed by atoms with E-state index in [1.54, 1.807) is 12.1 Å². The van der Waals surface area contributed by atoms with Gasteiger partial charge in [-0.25, -0.2) is 0 Å². The predicted molar refractivity (Wildman–Crippen MR) is 73.6 cm³/mol. The Hall–Kier alpha value is -2.82. The third-order valence-corrected chi connectivity index (χ3v) is 2.82. The van der Waals surface area contributed by atoms with E-state index in [0.29, 0.717) is 12.3 Å². The van der Waals surface area contributed by atoms with Gasteiger partial charge >= 0.3 is 0 Å². The number of carboxylic acid groups (broad SMARTS) is 1. The molecule has 0 fully saturated rings. The van der Waals surface area contributed by atoms with Gasteiger partial charge in [-0.15, -0.1) is 0 Å². The van der Waals surface area contributed by atoms with Gasteiger partial charge in [0.1, 0.15) is 5.76 Å². The Bertz CT molecular complexity index is 617. The van der Waals surface area contributed by atoms with Crippen LogP contribution in [0.4, 0.5) is 0 Å². The Balaban J connectivity index is 2.13. The fraction of sp³-hybridized carbons (Fsp3) is 0.125. The third-order valence-electron chi connectivity index (χ3n) is 2.82. The second-order valence-electron chi connectivity index (χ2n) is 4.41. The Labute approximate surface area is 122 Å². The molecule has 5 nitrogen and oxygen atoms in total. The lowest BCUT2D eigenvalue weighted by Crippen LogP contribution is -2.29. The van der Waals surface area contributed by atoms with Crippen molar-refractivity contribution in [2.24, 2.45) is 0 Å². The lowest BCUT2D eigenvalue weighted by Gasteiger charge is -2.20. The minimum absolute atomic E-state index is 0.262. The van der Waals surface area contributed by atoms with Gasteiger partial charge < -0.3 is 19.2 Å². The Morgan fingerprint density at radius 1 is 1.05 bits per heavy atom. The van der Waals surface area contributed by atoms with Gasteiger partial charge in [0.15, 0.2) is 0 Å². The lowest BCUT2D eigenvalue weighted by atomic mass is 10.2. The van der Waals surface area contributed by atoms with Gasteiger partial charge in [-0.2, -0.15) is 0 Å². The number of aliphatic carboxylic acids is 1. The Morgan fingerprint density at radius 3 is 2.43 bits per heavy atom. The van der Waals surface area contributed by atoms with Crippen molar-refractivity contribution in [3.8, 4) is 0 Å². The average molecular weight is 284 g/mol. The van der Waals surface area contributed by atoms with Crippen molar-refractivity contribution in [1.82, 2.24) is 4.90 Å². The molecule has 0 spiro atoms. The summed E-state index contributed by atoms with van der Waals surface area (Å²) in [7, 11) is 0. The second kappa shape index (κ2) is 7.09. The second-order valence-corrected chi connectivity index (χ2v) is 4.41. The number of carboxylic acids is 1. The number of hydrogen-bond donors (Lipinski definition) is 0. The van der Waals surface area contributed by atoms with Crippen molar-refractivity contribution < 1.29 is 19.1 Å². The van der Waals surface area contributed by atoms with Gasteiger partial charge in [0.05, 0.1) is 18.8 Å². The van der Waals surface area contributed by atoms with Gasteiger partial charge in [-0.05, 0) is 23.8 Å². The molecule has 21 heavy (non-hydrogen) atoms. The molecule has 5 heteroatoms. The molecule has 2 rings (SSSR count). The fourth-order valence-corrected chi connectivity index (χ4v) is 1.85. The minimum atomic E-state index is -1.40. The van der Waals surface area contributed by atoms with Crippen LogP contribution in [0.5, 0.6) is 0 Å². The summed E-state index contributed by atoms with van der Waals surface area (Å²) >= 11 is 0. The van der Waals surface area contributed by atoms with Crippen molar-refractivity contribution >= 4 is 11.9 Å². The minimum Gasteiger partial charge on any atom is -0.545 e. The zero-order chi connectivity index (χ0) is 15.1. The summed E-state index contributed by atoms with van der Waals surface area (Å²) in [5.41, 5.74) is 0.944. The van der Waals surface area contributed by atoms with E-state index < -0.39 is 11.9 Å². The van der Waals surface area contributed by atoms with E-state index in [4.69, 9.17) is 4.42 Å². The number of carbonyl (C=O) groups excluding carboxylic acids is 2. The molecule has 0 atom stereocenters. The first-order chi connectivity index (χ1) is 10.1. The maximum atomic E-state index is 12.1. The summed E-state index contributed by atoms with van der Waals surface area (Å²) in [5, 5.41) is 10.4. The van der Waals surface area contributed by atoms with Crippen LogP contribution >= 0.6 is 0 Å². The number of amides is 1. The van der Waals surface area contributed by atoms with Gasteiger partial charge in [0, 0.05) is 12.6 Å². The summed E-state index contributed by atoms with van der Waals surface area (Å²) in [6.45, 7) is 0.621. The van der Waals surface area contributed by atoms with Crippen molar-refractivity contribution in [2.45, 2.75) is 13.1 Å². The summed E-state index contributed by atoms with van der Waals surface area (Å²) in [6, 6.07) is 12.9. The molecule has 1 aromatic heterocycles. The molecule has 108 valence electrons. The lowest BCUT2D eigenvalue weighted by molar-refractivity contribution is -0.297. The predicted octanol–water partition coefficient (Wildman–Crippen LogP) is 1.11. The van der Waals surface area contributed by atoms with E-state index >= 15 is 0 Å². The van der Waals surface area contributed by atoms with Crippen molar-refractivity contribution in [3.05, 3.63) is 72.2 Å². The van der Waals surface area contributed by atoms with Crippen LogP contribution in [-0.4, -0.2) is 16.8 Å². The van der Waals surface area contributed by atoms with Crippen molar-refractivity contribution in [2.75, 3.05) is 0 Å². The highest BCUT2D eigenvalue weighted by atomic mass is 16.4. The summed E-state index contributed by atoms with van der Waals surface area (Å²) in [4.78, 5) is 24.0. The zero-order valence-electron chi connectivity index (χ0n) is 11.3. The molecular formula is C16H14NO4-. The number of carbonyl (C=O) groups is 2. The van der Waals surface area contributed by atoms with Gasteiger partial charge in [0.2, 0.25) is 5.91 Å². The molecule has 0 saturated carbocycles. The molecule has 0 N–H and O–H groups in total. The first kappa shape index (κ1) is 14.6. The molecule has 0 unspecified atom stereocenters. The van der Waals surface area contributed by atoms with E-state index in [2.05, 4.69) is 0 Å². The van der Waals surface area contributed by atoms with Crippen LogP contribution in [0.2, 0.25) is 0 Å². The molecule has 1 heterocycles. The van der Waals surface area contributed by atoms with E-state index in [0.717, 1.165) is 17.7 Å². The van der Waals surface area contributed by atoms with Gasteiger partial charge in [-0.3, -0.25) is 4.79 Å². The van der Waals surface area contributed by atoms with Crippen molar-refractivity contribution in [3.63, 3.8) is 0 Å². The van der Waals surface area contributed by atoms with E-state index in [-0.39, 0.29) is 6.54 Å². The highest BCUT2D eigenvalue weighted by molar-refractivity contribution is 5.93. The summed E-state index contributed by atoms with van der Waals surface area (Å²) in [6.07, 6.45) is 3.24. The van der Waals surface area contributed by atoms with E-state index in [9.17, 15) is 14.7 Å². The number of nitrogens with zero attached hydrogens (tertiary/aromatic N) is 1. The zero-order valence-corrected chi connectivity index (χ0v) is 11.3. The largest absolute Gasteiger partial charge is 0.545 e. The number of hydrogen-bond acceptors (Lipinski definition) is 4. The molecule has 1 aromatic carbocycles. The Kier molecular flexibility index (Phi) is 4.93. The molecule has 2 aromatic rings. The van der Waals surface area contributed by atoms with Crippen LogP contribution in [0.25, 0.3) is 0 Å². The van der Waals surface area contributed by atoms with Crippen LogP contribution in [0.1, 0.15) is 11.3 Å². The maximum absolute atomic E-state index is 12.1. The molecule has 0 aliphatic carbocycles. The molecule has 0 aliphatic rings. The van der Waals surface area contributed by atoms with Crippen LogP contribution in [0, 0.1) is 0 Å². The quantitative estimate of drug-likeness (QED) is 0.745. The number of furan rings is 1. The van der Waals surface area contributed by atoms with Gasteiger partial charge in [-0.1, -0.05) is 30.3 Å². The van der Waals surface area contributed by atoms with Crippen molar-refractivity contribution in [1.29, 1.82) is 0 Å². The van der Waals surface area contributed by atoms with Crippen LogP contribution in [0.15, 0.2) is 65.3 Å². The monoisotopic (exact) mass is 284 g/mol. The number of rotatable bonds is 6. The maximum Gasteiger partial charge on any atom is 0.247 e. The standard InChI is InChI=1S/C16H15NO4/c18-15(8-9-16(19)20)17(12-14-7-4-10-21-14)11-13-5-2-1-3-6-13/h1-10H,11-12H2,(H,19,20)/p-1/b9-8+. The molecule has 0 radical (unpaired) electrons. The van der Waals surface area contributed by atoms with Gasteiger partial charge in [0.25, 0.3) is 0 Å². The SMILES string of the molecule is O=C([O-])/C=C/C(=O)N(Cc1ccccc1)Cc1ccco1. The molecule has 0 aliphatic heterocycles. The molecule has 1 amide bonds. The highest BCUT2D eigenvalue weighted by Crippen LogP contribution is 2.11. The molecular weight excluding hydrogens is 270 g/mol. The average Bonchev–Trinajstić information content (AvgIpc) is 2.98. The van der Waals surface area contributed by atoms with Crippen LogP contribution < -0.4 is 5.11 Å². The molecule has 0 bridgehead atoms. The van der Waals surface area contributed by atoms with E-state index in [1.807, 2.05) is 30.3 Å². The smallest absolute Gasteiger partial charge is 0.247 e. The fourth-order valence-electron chi connectivity index (χ4n) is 1.85. The van der Waals surface area contributed by atoms with Crippen LogP contribution in [-0.2, 0) is 22.7 Å². The first-order valence-corrected chi connectivity index (χ1v) is 6.39. The number of benzene rings is 1. The molecule has 0 saturated heterocycles. The summed E-state index contributed by atoms with van der Waals surface area (Å²) in [5.74, 6) is -1.19. The topological polar surface area (TPSA) is 73.6 Å². The van der Waals surface area contributed by atoms with Crippen LogP contribution in [0.3, 0.4) is 0 Å². The first-order valence-electron chi connectivity index (χ1n) is 6.39.